The summed E-state index contributed by atoms with van der Waals surface area (Å²) in [5, 5.41) is 12.4. The molecule has 1 unspecified atom stereocenters. The average molecular weight is 287 g/mol. The van der Waals surface area contributed by atoms with E-state index in [1.165, 1.54) is 31.2 Å². The van der Waals surface area contributed by atoms with Crippen molar-refractivity contribution in [3.63, 3.8) is 0 Å². The summed E-state index contributed by atoms with van der Waals surface area (Å²) in [6, 6.07) is 8.80. The number of nitriles is 1. The second-order valence-corrected chi connectivity index (χ2v) is 5.66. The van der Waals surface area contributed by atoms with E-state index < -0.39 is 0 Å². The Balaban J connectivity index is 2.06. The fourth-order valence-electron chi connectivity index (χ4n) is 3.08. The van der Waals surface area contributed by atoms with Crippen LogP contribution in [-0.4, -0.2) is 38.2 Å². The highest BCUT2D eigenvalue weighted by Crippen LogP contribution is 2.24. The minimum atomic E-state index is 0.624. The van der Waals surface area contributed by atoms with Crippen molar-refractivity contribution in [2.75, 3.05) is 27.2 Å². The van der Waals surface area contributed by atoms with Gasteiger partial charge in [-0.05, 0) is 57.1 Å². The zero-order valence-corrected chi connectivity index (χ0v) is 13.1. The molecule has 114 valence electrons. The van der Waals surface area contributed by atoms with Crippen LogP contribution < -0.4 is 10.1 Å². The van der Waals surface area contributed by atoms with Crippen LogP contribution in [0.15, 0.2) is 18.2 Å². The fraction of sp³-hybridized carbons (Fsp3) is 0.588. The predicted octanol–water partition coefficient (Wildman–Crippen LogP) is 2.53. The van der Waals surface area contributed by atoms with Gasteiger partial charge in [-0.15, -0.1) is 0 Å². The van der Waals surface area contributed by atoms with Crippen LogP contribution in [0.2, 0.25) is 0 Å². The quantitative estimate of drug-likeness (QED) is 0.873. The van der Waals surface area contributed by atoms with Gasteiger partial charge in [-0.25, -0.2) is 0 Å². The van der Waals surface area contributed by atoms with E-state index in [-0.39, 0.29) is 0 Å². The van der Waals surface area contributed by atoms with Gasteiger partial charge in [0.1, 0.15) is 11.8 Å². The molecular weight excluding hydrogens is 262 g/mol. The lowest BCUT2D eigenvalue weighted by molar-refractivity contribution is 0.132. The van der Waals surface area contributed by atoms with Crippen LogP contribution in [0.4, 0.5) is 0 Å². The van der Waals surface area contributed by atoms with Crippen LogP contribution >= 0.6 is 0 Å². The summed E-state index contributed by atoms with van der Waals surface area (Å²) in [7, 11) is 3.62. The number of ether oxygens (including phenoxy) is 1. The van der Waals surface area contributed by atoms with Crippen LogP contribution in [0, 0.1) is 11.3 Å². The SMILES string of the molecule is CNCCC1CCCCN1Cc1ccc(OC)c(C#N)c1. The molecule has 0 aromatic heterocycles. The van der Waals surface area contributed by atoms with Crippen molar-refractivity contribution in [3.05, 3.63) is 29.3 Å². The third-order valence-electron chi connectivity index (χ3n) is 4.25. The summed E-state index contributed by atoms with van der Waals surface area (Å²) < 4.78 is 5.21. The Bertz CT molecular complexity index is 495. The molecule has 0 bridgehead atoms. The van der Waals surface area contributed by atoms with E-state index in [9.17, 15) is 5.26 Å². The molecule has 1 aromatic carbocycles. The van der Waals surface area contributed by atoms with Crippen molar-refractivity contribution in [2.24, 2.45) is 0 Å². The molecule has 0 saturated carbocycles. The first-order chi connectivity index (χ1) is 10.3. The van der Waals surface area contributed by atoms with Crippen molar-refractivity contribution in [1.29, 1.82) is 5.26 Å². The summed E-state index contributed by atoms with van der Waals surface area (Å²) in [5.74, 6) is 0.659. The van der Waals surface area contributed by atoms with E-state index in [1.54, 1.807) is 7.11 Å². The maximum Gasteiger partial charge on any atom is 0.136 e. The highest BCUT2D eigenvalue weighted by molar-refractivity contribution is 5.45. The molecule has 1 N–H and O–H groups in total. The molecule has 0 spiro atoms. The van der Waals surface area contributed by atoms with Crippen LogP contribution in [0.3, 0.4) is 0 Å². The first-order valence-electron chi connectivity index (χ1n) is 7.74. The van der Waals surface area contributed by atoms with E-state index in [2.05, 4.69) is 22.4 Å². The molecule has 1 aliphatic heterocycles. The molecule has 2 rings (SSSR count). The molecule has 1 aliphatic rings. The molecule has 21 heavy (non-hydrogen) atoms. The minimum absolute atomic E-state index is 0.624. The second kappa shape index (κ2) is 8.02. The Kier molecular flexibility index (Phi) is 6.04. The van der Waals surface area contributed by atoms with E-state index in [4.69, 9.17) is 4.74 Å². The molecular formula is C17H25N3O. The lowest BCUT2D eigenvalue weighted by Crippen LogP contribution is -2.40. The maximum absolute atomic E-state index is 9.20. The predicted molar refractivity (Wildman–Crippen MR) is 84.3 cm³/mol. The molecule has 0 radical (unpaired) electrons. The van der Waals surface area contributed by atoms with Gasteiger partial charge >= 0.3 is 0 Å². The first-order valence-corrected chi connectivity index (χ1v) is 7.74. The maximum atomic E-state index is 9.20. The standard InChI is InChI=1S/C17H25N3O/c1-19-9-8-16-5-3-4-10-20(16)13-14-6-7-17(21-2)15(11-14)12-18/h6-7,11,16,19H,3-5,8-10,13H2,1-2H3. The number of hydrogen-bond acceptors (Lipinski definition) is 4. The largest absolute Gasteiger partial charge is 0.495 e. The summed E-state index contributed by atoms with van der Waals surface area (Å²) in [4.78, 5) is 2.56. The topological polar surface area (TPSA) is 48.3 Å². The zero-order valence-electron chi connectivity index (χ0n) is 13.1. The van der Waals surface area contributed by atoms with Crippen molar-refractivity contribution < 1.29 is 4.74 Å². The molecule has 0 amide bonds. The molecule has 1 saturated heterocycles. The number of methoxy groups -OCH3 is 1. The summed E-state index contributed by atoms with van der Waals surface area (Å²) >= 11 is 0. The second-order valence-electron chi connectivity index (χ2n) is 5.66. The van der Waals surface area contributed by atoms with Crippen molar-refractivity contribution in [1.82, 2.24) is 10.2 Å². The van der Waals surface area contributed by atoms with Gasteiger partial charge in [0.15, 0.2) is 0 Å². The molecule has 1 heterocycles. The molecule has 4 heteroatoms. The number of benzene rings is 1. The zero-order chi connectivity index (χ0) is 15.1. The molecule has 0 aliphatic carbocycles. The molecule has 4 nitrogen and oxygen atoms in total. The molecule has 1 aromatic rings. The van der Waals surface area contributed by atoms with E-state index >= 15 is 0 Å². The lowest BCUT2D eigenvalue weighted by atomic mass is 9.98. The summed E-state index contributed by atoms with van der Waals surface area (Å²) in [5.41, 5.74) is 1.82. The third kappa shape index (κ3) is 4.20. The van der Waals surface area contributed by atoms with E-state index in [0.717, 1.165) is 19.6 Å². The number of likely N-dealkylation sites (tertiary alicyclic amines) is 1. The Morgan fingerprint density at radius 1 is 1.43 bits per heavy atom. The fourth-order valence-corrected chi connectivity index (χ4v) is 3.08. The van der Waals surface area contributed by atoms with E-state index in [1.807, 2.05) is 19.2 Å². The lowest BCUT2D eigenvalue weighted by Gasteiger charge is -2.36. The van der Waals surface area contributed by atoms with Gasteiger partial charge in [0.25, 0.3) is 0 Å². The van der Waals surface area contributed by atoms with Crippen LogP contribution in [0.1, 0.15) is 36.8 Å². The number of hydrogen-bond donors (Lipinski definition) is 1. The van der Waals surface area contributed by atoms with Gasteiger partial charge in [0.05, 0.1) is 12.7 Å². The van der Waals surface area contributed by atoms with E-state index in [0.29, 0.717) is 17.4 Å². The molecule has 1 fully saturated rings. The Hall–Kier alpha value is -1.57. The average Bonchev–Trinajstić information content (AvgIpc) is 2.54. The van der Waals surface area contributed by atoms with Gasteiger partial charge in [-0.2, -0.15) is 5.26 Å². The van der Waals surface area contributed by atoms with Crippen LogP contribution in [0.25, 0.3) is 0 Å². The van der Waals surface area contributed by atoms with Crippen LogP contribution in [-0.2, 0) is 6.54 Å². The van der Waals surface area contributed by atoms with Crippen molar-refractivity contribution in [3.8, 4) is 11.8 Å². The van der Waals surface area contributed by atoms with Crippen LogP contribution in [0.5, 0.6) is 5.75 Å². The Morgan fingerprint density at radius 2 is 2.29 bits per heavy atom. The van der Waals surface area contributed by atoms with Gasteiger partial charge in [-0.3, -0.25) is 4.90 Å². The highest BCUT2D eigenvalue weighted by atomic mass is 16.5. The third-order valence-corrected chi connectivity index (χ3v) is 4.25. The summed E-state index contributed by atoms with van der Waals surface area (Å²) in [6.07, 6.45) is 5.08. The monoisotopic (exact) mass is 287 g/mol. The number of rotatable bonds is 6. The van der Waals surface area contributed by atoms with Crippen molar-refractivity contribution in [2.45, 2.75) is 38.3 Å². The number of nitrogens with one attached hydrogen (secondary N) is 1. The molecule has 1 atom stereocenters. The van der Waals surface area contributed by atoms with Gasteiger partial charge in [-0.1, -0.05) is 12.5 Å². The Morgan fingerprint density at radius 3 is 3.00 bits per heavy atom. The number of piperidine rings is 1. The van der Waals surface area contributed by atoms with Crippen molar-refractivity contribution >= 4 is 0 Å². The minimum Gasteiger partial charge on any atom is -0.495 e. The normalized spacial score (nSPS) is 19.2. The summed E-state index contributed by atoms with van der Waals surface area (Å²) in [6.45, 7) is 3.14. The number of nitrogens with zero attached hydrogens (tertiary/aromatic N) is 2. The Labute approximate surface area is 127 Å². The van der Waals surface area contributed by atoms with Gasteiger partial charge < -0.3 is 10.1 Å². The first kappa shape index (κ1) is 15.8. The highest BCUT2D eigenvalue weighted by Gasteiger charge is 2.22. The van der Waals surface area contributed by atoms with Gasteiger partial charge in [0, 0.05) is 12.6 Å². The van der Waals surface area contributed by atoms with Gasteiger partial charge in [0.2, 0.25) is 0 Å². The smallest absolute Gasteiger partial charge is 0.136 e.